The van der Waals surface area contributed by atoms with Crippen molar-refractivity contribution < 1.29 is 14.4 Å². The van der Waals surface area contributed by atoms with Crippen LogP contribution in [0, 0.1) is 5.92 Å². The Hall–Kier alpha value is -2.63. The molecule has 1 aromatic carbocycles. The van der Waals surface area contributed by atoms with Gasteiger partial charge in [0.25, 0.3) is 5.91 Å². The minimum Gasteiger partial charge on any atom is -0.355 e. The lowest BCUT2D eigenvalue weighted by atomic mass is 9.87. The van der Waals surface area contributed by atoms with Crippen LogP contribution >= 0.6 is 0 Å². The van der Waals surface area contributed by atoms with Crippen LogP contribution in [0.4, 0.5) is 0 Å². The second-order valence-electron chi connectivity index (χ2n) is 7.98. The average Bonchev–Trinajstić information content (AvgIpc) is 2.78. The third-order valence-electron chi connectivity index (χ3n) is 5.93. The van der Waals surface area contributed by atoms with Crippen molar-refractivity contribution in [3.8, 4) is 0 Å². The number of amides is 3. The molecule has 3 rings (SSSR count). The highest BCUT2D eigenvalue weighted by molar-refractivity contribution is 5.94. The molecule has 1 aliphatic carbocycles. The SMILES string of the molecule is CNC(=O)c1ccc(/C=C/C(=O)NC2CCN(C(=O)C3CCCCC3)CC2)cc1. The molecule has 3 amide bonds. The number of carbonyl (C=O) groups is 3. The minimum atomic E-state index is -0.133. The van der Waals surface area contributed by atoms with Crippen molar-refractivity contribution in [3.63, 3.8) is 0 Å². The molecule has 0 aromatic heterocycles. The average molecular weight is 398 g/mol. The van der Waals surface area contributed by atoms with E-state index in [0.29, 0.717) is 11.5 Å². The standard InChI is InChI=1S/C23H31N3O3/c1-24-22(28)18-10-7-17(8-11-18)9-12-21(27)25-20-13-15-26(16-14-20)23(29)19-5-3-2-4-6-19/h7-12,19-20H,2-6,13-16H2,1H3,(H,24,28)(H,25,27)/b12-9+. The number of likely N-dealkylation sites (tertiary alicyclic amines) is 1. The Bertz CT molecular complexity index is 743. The molecule has 1 heterocycles. The van der Waals surface area contributed by atoms with Crippen molar-refractivity contribution in [3.05, 3.63) is 41.5 Å². The third-order valence-corrected chi connectivity index (χ3v) is 5.93. The summed E-state index contributed by atoms with van der Waals surface area (Å²) in [5.74, 6) is 0.270. The fourth-order valence-corrected chi connectivity index (χ4v) is 4.16. The van der Waals surface area contributed by atoms with Crippen LogP contribution in [-0.2, 0) is 9.59 Å². The lowest BCUT2D eigenvalue weighted by Crippen LogP contribution is -2.48. The highest BCUT2D eigenvalue weighted by Gasteiger charge is 2.29. The highest BCUT2D eigenvalue weighted by atomic mass is 16.2. The van der Waals surface area contributed by atoms with Crippen molar-refractivity contribution in [2.45, 2.75) is 51.0 Å². The molecule has 2 N–H and O–H groups in total. The van der Waals surface area contributed by atoms with Crippen LogP contribution in [0.25, 0.3) is 6.08 Å². The van der Waals surface area contributed by atoms with Gasteiger partial charge in [0.15, 0.2) is 0 Å². The van der Waals surface area contributed by atoms with Crippen molar-refractivity contribution in [1.29, 1.82) is 0 Å². The van der Waals surface area contributed by atoms with Gasteiger partial charge >= 0.3 is 0 Å². The molecule has 0 radical (unpaired) electrons. The van der Waals surface area contributed by atoms with Crippen molar-refractivity contribution >= 4 is 23.8 Å². The summed E-state index contributed by atoms with van der Waals surface area (Å²) in [5.41, 5.74) is 1.45. The molecule has 1 saturated heterocycles. The molecule has 1 saturated carbocycles. The van der Waals surface area contributed by atoms with E-state index in [1.54, 1.807) is 25.3 Å². The predicted molar refractivity (Wildman–Crippen MR) is 113 cm³/mol. The first kappa shape index (κ1) is 21.1. The van der Waals surface area contributed by atoms with Crippen LogP contribution in [0.15, 0.2) is 30.3 Å². The van der Waals surface area contributed by atoms with Gasteiger partial charge < -0.3 is 15.5 Å². The van der Waals surface area contributed by atoms with E-state index in [0.717, 1.165) is 44.3 Å². The Morgan fingerprint density at radius 1 is 0.966 bits per heavy atom. The number of benzene rings is 1. The predicted octanol–water partition coefficient (Wildman–Crippen LogP) is 2.75. The molecule has 29 heavy (non-hydrogen) atoms. The summed E-state index contributed by atoms with van der Waals surface area (Å²) in [7, 11) is 1.59. The number of piperidine rings is 1. The van der Waals surface area contributed by atoms with Crippen LogP contribution in [0.2, 0.25) is 0 Å². The van der Waals surface area contributed by atoms with E-state index < -0.39 is 0 Å². The Morgan fingerprint density at radius 3 is 2.24 bits per heavy atom. The number of carbonyl (C=O) groups excluding carboxylic acids is 3. The molecule has 6 heteroatoms. The van der Waals surface area contributed by atoms with Gasteiger partial charge in [-0.25, -0.2) is 0 Å². The Kier molecular flexibility index (Phi) is 7.44. The van der Waals surface area contributed by atoms with Gasteiger partial charge in [-0.15, -0.1) is 0 Å². The minimum absolute atomic E-state index is 0.109. The quantitative estimate of drug-likeness (QED) is 0.750. The van der Waals surface area contributed by atoms with Gasteiger partial charge in [-0.3, -0.25) is 14.4 Å². The molecule has 2 fully saturated rings. The van der Waals surface area contributed by atoms with Gasteiger partial charge in [0.1, 0.15) is 0 Å². The molecule has 0 spiro atoms. The van der Waals surface area contributed by atoms with Gasteiger partial charge in [-0.1, -0.05) is 31.4 Å². The molecule has 1 aromatic rings. The second kappa shape index (κ2) is 10.2. The topological polar surface area (TPSA) is 78.5 Å². The summed E-state index contributed by atoms with van der Waals surface area (Å²) < 4.78 is 0. The molecule has 156 valence electrons. The molecule has 0 atom stereocenters. The summed E-state index contributed by atoms with van der Waals surface area (Å²) >= 11 is 0. The van der Waals surface area contributed by atoms with E-state index in [-0.39, 0.29) is 23.8 Å². The van der Waals surface area contributed by atoms with Crippen LogP contribution in [0.5, 0.6) is 0 Å². The molecular formula is C23H31N3O3. The van der Waals surface area contributed by atoms with E-state index in [4.69, 9.17) is 0 Å². The highest BCUT2D eigenvalue weighted by Crippen LogP contribution is 2.26. The summed E-state index contributed by atoms with van der Waals surface area (Å²) in [6.45, 7) is 1.45. The molecule has 0 bridgehead atoms. The zero-order valence-electron chi connectivity index (χ0n) is 17.2. The maximum Gasteiger partial charge on any atom is 0.251 e. The maximum absolute atomic E-state index is 12.6. The first-order chi connectivity index (χ1) is 14.1. The summed E-state index contributed by atoms with van der Waals surface area (Å²) in [6, 6.07) is 7.19. The van der Waals surface area contributed by atoms with Crippen molar-refractivity contribution in [2.75, 3.05) is 20.1 Å². The molecule has 2 aliphatic rings. The van der Waals surface area contributed by atoms with Crippen molar-refractivity contribution in [2.24, 2.45) is 5.92 Å². The Balaban J connectivity index is 1.43. The third kappa shape index (κ3) is 5.92. The normalized spacial score (nSPS) is 18.6. The summed E-state index contributed by atoms with van der Waals surface area (Å²) in [4.78, 5) is 38.4. The first-order valence-electron chi connectivity index (χ1n) is 10.7. The molecule has 1 aliphatic heterocycles. The first-order valence-corrected chi connectivity index (χ1v) is 10.7. The molecule has 6 nitrogen and oxygen atoms in total. The van der Waals surface area contributed by atoms with E-state index in [9.17, 15) is 14.4 Å². The Morgan fingerprint density at radius 2 is 1.62 bits per heavy atom. The van der Waals surface area contributed by atoms with Crippen LogP contribution in [0.3, 0.4) is 0 Å². The zero-order chi connectivity index (χ0) is 20.6. The van der Waals surface area contributed by atoms with Gasteiger partial charge in [-0.05, 0) is 49.5 Å². The fraction of sp³-hybridized carbons (Fsp3) is 0.522. The molecule has 0 unspecified atom stereocenters. The fourth-order valence-electron chi connectivity index (χ4n) is 4.16. The number of hydrogen-bond donors (Lipinski definition) is 2. The van der Waals surface area contributed by atoms with Gasteiger partial charge in [0, 0.05) is 43.7 Å². The van der Waals surface area contributed by atoms with Crippen LogP contribution < -0.4 is 10.6 Å². The number of nitrogens with zero attached hydrogens (tertiary/aromatic N) is 1. The molecular weight excluding hydrogens is 366 g/mol. The second-order valence-corrected chi connectivity index (χ2v) is 7.98. The van der Waals surface area contributed by atoms with E-state index in [1.807, 2.05) is 17.0 Å². The smallest absolute Gasteiger partial charge is 0.251 e. The number of hydrogen-bond acceptors (Lipinski definition) is 3. The number of nitrogens with one attached hydrogen (secondary N) is 2. The number of rotatable bonds is 5. The van der Waals surface area contributed by atoms with E-state index in [1.165, 1.54) is 25.3 Å². The maximum atomic E-state index is 12.6. The largest absolute Gasteiger partial charge is 0.355 e. The zero-order valence-corrected chi connectivity index (χ0v) is 17.2. The lowest BCUT2D eigenvalue weighted by molar-refractivity contribution is -0.137. The Labute approximate surface area is 172 Å². The van der Waals surface area contributed by atoms with Gasteiger partial charge in [0.05, 0.1) is 0 Å². The monoisotopic (exact) mass is 397 g/mol. The van der Waals surface area contributed by atoms with Crippen molar-refractivity contribution in [1.82, 2.24) is 15.5 Å². The van der Waals surface area contributed by atoms with Gasteiger partial charge in [0.2, 0.25) is 11.8 Å². The van der Waals surface area contributed by atoms with Crippen LogP contribution in [0.1, 0.15) is 60.9 Å². The van der Waals surface area contributed by atoms with E-state index >= 15 is 0 Å². The summed E-state index contributed by atoms with van der Waals surface area (Å²) in [5, 5.41) is 5.62. The summed E-state index contributed by atoms with van der Waals surface area (Å²) in [6.07, 6.45) is 10.5. The van der Waals surface area contributed by atoms with Gasteiger partial charge in [-0.2, -0.15) is 0 Å². The van der Waals surface area contributed by atoms with Crippen LogP contribution in [-0.4, -0.2) is 48.8 Å². The van der Waals surface area contributed by atoms with E-state index in [2.05, 4.69) is 10.6 Å². The lowest BCUT2D eigenvalue weighted by Gasteiger charge is -2.35.